The Morgan fingerprint density at radius 3 is 2.46 bits per heavy atom. The molecule has 0 aromatic heterocycles. The number of anilines is 1. The number of hydrogen-bond donors (Lipinski definition) is 0. The molecule has 2 aromatic carbocycles. The van der Waals surface area contributed by atoms with Crippen molar-refractivity contribution in [2.75, 3.05) is 31.1 Å². The van der Waals surface area contributed by atoms with E-state index < -0.39 is 0 Å². The van der Waals surface area contributed by atoms with E-state index in [0.717, 1.165) is 44.7 Å². The summed E-state index contributed by atoms with van der Waals surface area (Å²) in [6, 6.07) is 12.3. The van der Waals surface area contributed by atoms with Crippen molar-refractivity contribution in [2.45, 2.75) is 32.1 Å². The second-order valence-corrected chi connectivity index (χ2v) is 7.63. The first-order valence-corrected chi connectivity index (χ1v) is 9.43. The van der Waals surface area contributed by atoms with Gasteiger partial charge in [-0.05, 0) is 75.3 Å². The van der Waals surface area contributed by atoms with Crippen LogP contribution in [0.2, 0.25) is 0 Å². The van der Waals surface area contributed by atoms with Crippen molar-refractivity contribution < 1.29 is 9.18 Å². The third kappa shape index (κ3) is 2.82. The predicted octanol–water partition coefficient (Wildman–Crippen LogP) is 4.15. The third-order valence-electron chi connectivity index (χ3n) is 6.07. The van der Waals surface area contributed by atoms with Gasteiger partial charge in [0.05, 0.1) is 0 Å². The van der Waals surface area contributed by atoms with Crippen molar-refractivity contribution in [3.63, 3.8) is 0 Å². The number of likely N-dealkylation sites (tertiary alicyclic amines) is 1. The second kappa shape index (κ2) is 6.51. The summed E-state index contributed by atoms with van der Waals surface area (Å²) < 4.78 is 13.2. The molecule has 1 saturated heterocycles. The minimum Gasteiger partial charge on any atom is -0.307 e. The number of hydrogen-bond acceptors (Lipinski definition) is 2. The molecule has 1 amide bonds. The van der Waals surface area contributed by atoms with Gasteiger partial charge in [-0.15, -0.1) is 0 Å². The molecule has 0 bridgehead atoms. The molecule has 2 heterocycles. The standard InChI is InChI=1S/C22H25FN2O/c1-3-24-12-10-22(11-13-24)15-25(20-9-4-16(2)14-19(20)22)21(26)17-5-7-18(23)8-6-17/h4-9,14H,3,10-13,15H2,1-2H3. The van der Waals surface area contributed by atoms with Gasteiger partial charge in [-0.2, -0.15) is 0 Å². The molecule has 1 fully saturated rings. The van der Waals surface area contributed by atoms with Crippen molar-refractivity contribution in [2.24, 2.45) is 0 Å². The van der Waals surface area contributed by atoms with Gasteiger partial charge < -0.3 is 9.80 Å². The monoisotopic (exact) mass is 352 g/mol. The van der Waals surface area contributed by atoms with Gasteiger partial charge >= 0.3 is 0 Å². The molecule has 2 aliphatic rings. The number of nitrogens with zero attached hydrogens (tertiary/aromatic N) is 2. The molecular weight excluding hydrogens is 327 g/mol. The highest BCUT2D eigenvalue weighted by Gasteiger charge is 2.46. The van der Waals surface area contributed by atoms with Gasteiger partial charge in [0.25, 0.3) is 5.91 Å². The fourth-order valence-electron chi connectivity index (χ4n) is 4.44. The maximum absolute atomic E-state index is 13.2. The molecule has 0 N–H and O–H groups in total. The van der Waals surface area contributed by atoms with Crippen LogP contribution in [0.1, 0.15) is 41.3 Å². The maximum Gasteiger partial charge on any atom is 0.258 e. The van der Waals surface area contributed by atoms with E-state index in [1.807, 2.05) is 4.90 Å². The fourth-order valence-corrected chi connectivity index (χ4v) is 4.44. The fraction of sp³-hybridized carbons (Fsp3) is 0.409. The topological polar surface area (TPSA) is 23.6 Å². The molecule has 2 aromatic rings. The molecule has 0 atom stereocenters. The first kappa shape index (κ1) is 17.2. The SMILES string of the molecule is CCN1CCC2(CC1)CN(C(=O)c1ccc(F)cc1)c1ccc(C)cc12. The molecule has 0 saturated carbocycles. The molecule has 0 unspecified atom stereocenters. The van der Waals surface area contributed by atoms with E-state index in [2.05, 4.69) is 36.9 Å². The summed E-state index contributed by atoms with van der Waals surface area (Å²) in [5.41, 5.74) is 4.15. The van der Waals surface area contributed by atoms with E-state index in [1.165, 1.54) is 23.3 Å². The van der Waals surface area contributed by atoms with Gasteiger partial charge in [-0.25, -0.2) is 4.39 Å². The van der Waals surface area contributed by atoms with Crippen LogP contribution in [0.25, 0.3) is 0 Å². The van der Waals surface area contributed by atoms with E-state index in [9.17, 15) is 9.18 Å². The van der Waals surface area contributed by atoms with Gasteiger partial charge in [-0.3, -0.25) is 4.79 Å². The summed E-state index contributed by atoms with van der Waals surface area (Å²) in [6.07, 6.45) is 2.15. The van der Waals surface area contributed by atoms with Crippen LogP contribution >= 0.6 is 0 Å². The Bertz CT molecular complexity index is 823. The first-order chi connectivity index (χ1) is 12.5. The Labute approximate surface area is 154 Å². The molecule has 3 nitrogen and oxygen atoms in total. The smallest absolute Gasteiger partial charge is 0.258 e. The number of aryl methyl sites for hydroxylation is 1. The largest absolute Gasteiger partial charge is 0.307 e. The molecule has 2 aliphatic heterocycles. The molecule has 1 spiro atoms. The number of carbonyl (C=O) groups is 1. The van der Waals surface area contributed by atoms with Crippen molar-refractivity contribution in [1.82, 2.24) is 4.90 Å². The lowest BCUT2D eigenvalue weighted by atomic mass is 9.74. The highest BCUT2D eigenvalue weighted by Crippen LogP contribution is 2.47. The average molecular weight is 352 g/mol. The summed E-state index contributed by atoms with van der Waals surface area (Å²) in [7, 11) is 0. The maximum atomic E-state index is 13.2. The number of carbonyl (C=O) groups excluding carboxylic acids is 1. The van der Waals surface area contributed by atoms with E-state index in [4.69, 9.17) is 0 Å². The third-order valence-corrected chi connectivity index (χ3v) is 6.07. The van der Waals surface area contributed by atoms with E-state index in [0.29, 0.717) is 5.56 Å². The predicted molar refractivity (Wildman–Crippen MR) is 102 cm³/mol. The van der Waals surface area contributed by atoms with Crippen LogP contribution in [0.15, 0.2) is 42.5 Å². The number of fused-ring (bicyclic) bond motifs is 2. The Balaban J connectivity index is 1.70. The molecule has 26 heavy (non-hydrogen) atoms. The lowest BCUT2D eigenvalue weighted by molar-refractivity contribution is 0.0977. The number of halogens is 1. The van der Waals surface area contributed by atoms with E-state index in [-0.39, 0.29) is 17.1 Å². The summed E-state index contributed by atoms with van der Waals surface area (Å²) in [5.74, 6) is -0.354. The molecule has 136 valence electrons. The zero-order chi connectivity index (χ0) is 18.3. The summed E-state index contributed by atoms with van der Waals surface area (Å²) >= 11 is 0. The highest BCUT2D eigenvalue weighted by molar-refractivity contribution is 6.07. The van der Waals surface area contributed by atoms with Crippen molar-refractivity contribution in [3.8, 4) is 0 Å². The molecule has 0 radical (unpaired) electrons. The number of piperidine rings is 1. The average Bonchev–Trinajstić information content (AvgIpc) is 2.96. The zero-order valence-corrected chi connectivity index (χ0v) is 15.5. The quantitative estimate of drug-likeness (QED) is 0.811. The van der Waals surface area contributed by atoms with Crippen LogP contribution in [0.4, 0.5) is 10.1 Å². The van der Waals surface area contributed by atoms with Crippen LogP contribution in [0.3, 0.4) is 0 Å². The molecular formula is C22H25FN2O. The lowest BCUT2D eigenvalue weighted by Gasteiger charge is -2.39. The number of amides is 1. The Hall–Kier alpha value is -2.20. The van der Waals surface area contributed by atoms with Crippen LogP contribution in [0.5, 0.6) is 0 Å². The normalized spacial score (nSPS) is 19.0. The van der Waals surface area contributed by atoms with Gasteiger partial charge in [-0.1, -0.05) is 24.6 Å². The van der Waals surface area contributed by atoms with Gasteiger partial charge in [0.15, 0.2) is 0 Å². The van der Waals surface area contributed by atoms with Gasteiger partial charge in [0, 0.05) is 23.2 Å². The van der Waals surface area contributed by atoms with Crippen LogP contribution in [0, 0.1) is 12.7 Å². The van der Waals surface area contributed by atoms with Crippen molar-refractivity contribution in [1.29, 1.82) is 0 Å². The molecule has 4 rings (SSSR count). The second-order valence-electron chi connectivity index (χ2n) is 7.63. The summed E-state index contributed by atoms with van der Waals surface area (Å²) in [5, 5.41) is 0. The minimum atomic E-state index is -0.317. The Morgan fingerprint density at radius 1 is 1.12 bits per heavy atom. The number of benzene rings is 2. The molecule has 4 heteroatoms. The lowest BCUT2D eigenvalue weighted by Crippen LogP contribution is -2.46. The Kier molecular flexibility index (Phi) is 4.31. The minimum absolute atomic E-state index is 0.0371. The Morgan fingerprint density at radius 2 is 1.81 bits per heavy atom. The van der Waals surface area contributed by atoms with Crippen LogP contribution in [-0.4, -0.2) is 37.0 Å². The summed E-state index contributed by atoms with van der Waals surface area (Å²) in [4.78, 5) is 17.5. The highest BCUT2D eigenvalue weighted by atomic mass is 19.1. The van der Waals surface area contributed by atoms with Crippen LogP contribution in [-0.2, 0) is 5.41 Å². The van der Waals surface area contributed by atoms with E-state index in [1.54, 1.807) is 12.1 Å². The van der Waals surface area contributed by atoms with E-state index >= 15 is 0 Å². The van der Waals surface area contributed by atoms with Crippen molar-refractivity contribution >= 4 is 11.6 Å². The van der Waals surface area contributed by atoms with Gasteiger partial charge in [0.1, 0.15) is 5.82 Å². The van der Waals surface area contributed by atoms with Crippen LogP contribution < -0.4 is 4.90 Å². The molecule has 0 aliphatic carbocycles. The number of rotatable bonds is 2. The van der Waals surface area contributed by atoms with Crippen molar-refractivity contribution in [3.05, 3.63) is 65.0 Å². The zero-order valence-electron chi connectivity index (χ0n) is 15.5. The summed E-state index contributed by atoms with van der Waals surface area (Å²) in [6.45, 7) is 8.26. The first-order valence-electron chi connectivity index (χ1n) is 9.43. The van der Waals surface area contributed by atoms with Gasteiger partial charge in [0.2, 0.25) is 0 Å².